The largest absolute Gasteiger partial charge is 0.493 e. The van der Waals surface area contributed by atoms with Crippen molar-refractivity contribution in [2.24, 2.45) is 0 Å². The van der Waals surface area contributed by atoms with Crippen molar-refractivity contribution in [1.29, 1.82) is 0 Å². The van der Waals surface area contributed by atoms with Crippen LogP contribution >= 0.6 is 23.1 Å². The molecule has 0 bridgehead atoms. The molecule has 1 aromatic heterocycles. The van der Waals surface area contributed by atoms with E-state index in [2.05, 4.69) is 26.8 Å². The van der Waals surface area contributed by atoms with E-state index in [1.165, 1.54) is 48.4 Å². The SMILES string of the molecule is C=CCSc1nnc(NC(=O)c2ccc(OC(F)F)c(OC)c2)s1. The molecule has 0 saturated heterocycles. The van der Waals surface area contributed by atoms with Crippen LogP contribution in [0.25, 0.3) is 0 Å². The van der Waals surface area contributed by atoms with Crippen molar-refractivity contribution in [3.63, 3.8) is 0 Å². The number of nitrogens with one attached hydrogen (secondary N) is 1. The summed E-state index contributed by atoms with van der Waals surface area (Å²) in [5.74, 6) is 0.101. The third-order valence-electron chi connectivity index (χ3n) is 2.59. The molecule has 24 heavy (non-hydrogen) atoms. The fraction of sp³-hybridized carbons (Fsp3) is 0.214. The second kappa shape index (κ2) is 8.60. The smallest absolute Gasteiger partial charge is 0.387 e. The van der Waals surface area contributed by atoms with Crippen LogP contribution in [0, 0.1) is 0 Å². The van der Waals surface area contributed by atoms with Gasteiger partial charge in [0.2, 0.25) is 5.13 Å². The summed E-state index contributed by atoms with van der Waals surface area (Å²) in [7, 11) is 1.29. The lowest BCUT2D eigenvalue weighted by Gasteiger charge is -2.11. The van der Waals surface area contributed by atoms with Gasteiger partial charge in [-0.15, -0.1) is 16.8 Å². The molecule has 0 aliphatic heterocycles. The summed E-state index contributed by atoms with van der Waals surface area (Å²) < 4.78 is 34.6. The van der Waals surface area contributed by atoms with Crippen molar-refractivity contribution >= 4 is 34.1 Å². The van der Waals surface area contributed by atoms with Crippen LogP contribution in [0.3, 0.4) is 0 Å². The Morgan fingerprint density at radius 3 is 2.92 bits per heavy atom. The van der Waals surface area contributed by atoms with Crippen LogP contribution in [0.5, 0.6) is 11.5 Å². The van der Waals surface area contributed by atoms with Crippen molar-refractivity contribution in [3.8, 4) is 11.5 Å². The van der Waals surface area contributed by atoms with Crippen LogP contribution < -0.4 is 14.8 Å². The van der Waals surface area contributed by atoms with E-state index in [1.54, 1.807) is 6.08 Å². The van der Waals surface area contributed by atoms with Crippen LogP contribution in [-0.2, 0) is 0 Å². The lowest BCUT2D eigenvalue weighted by atomic mass is 10.2. The Kier molecular flexibility index (Phi) is 6.50. The Hall–Kier alpha value is -2.20. The van der Waals surface area contributed by atoms with Crippen LogP contribution in [0.4, 0.5) is 13.9 Å². The zero-order valence-corrected chi connectivity index (χ0v) is 14.1. The quantitative estimate of drug-likeness (QED) is 0.432. The minimum absolute atomic E-state index is 0.0300. The third-order valence-corrected chi connectivity index (χ3v) is 4.56. The maximum absolute atomic E-state index is 12.3. The number of hydrogen-bond donors (Lipinski definition) is 1. The van der Waals surface area contributed by atoms with Gasteiger partial charge in [-0.3, -0.25) is 10.1 Å². The molecule has 0 saturated carbocycles. The number of carbonyl (C=O) groups is 1. The highest BCUT2D eigenvalue weighted by Crippen LogP contribution is 2.30. The molecule has 10 heteroatoms. The summed E-state index contributed by atoms with van der Waals surface area (Å²) in [6.45, 7) is 0.629. The van der Waals surface area contributed by atoms with Crippen molar-refractivity contribution < 1.29 is 23.0 Å². The molecule has 0 fully saturated rings. The second-order valence-corrected chi connectivity index (χ2v) is 6.42. The predicted molar refractivity (Wildman–Crippen MR) is 88.4 cm³/mol. The summed E-state index contributed by atoms with van der Waals surface area (Å²) in [4.78, 5) is 12.2. The molecule has 2 aromatic rings. The van der Waals surface area contributed by atoms with E-state index >= 15 is 0 Å². The van der Waals surface area contributed by atoms with E-state index in [9.17, 15) is 13.6 Å². The first kappa shape index (κ1) is 18.1. The molecule has 0 radical (unpaired) electrons. The molecular weight excluding hydrogens is 360 g/mol. The Morgan fingerprint density at radius 1 is 1.46 bits per heavy atom. The maximum atomic E-state index is 12.3. The first-order valence-corrected chi connectivity index (χ1v) is 8.35. The lowest BCUT2D eigenvalue weighted by molar-refractivity contribution is -0.0512. The minimum Gasteiger partial charge on any atom is -0.493 e. The molecule has 2 rings (SSSR count). The van der Waals surface area contributed by atoms with Gasteiger partial charge in [0.05, 0.1) is 7.11 Å². The summed E-state index contributed by atoms with van der Waals surface area (Å²) >= 11 is 2.67. The fourth-order valence-electron chi connectivity index (χ4n) is 1.62. The normalized spacial score (nSPS) is 10.5. The average molecular weight is 373 g/mol. The number of alkyl halides is 2. The standard InChI is InChI=1S/C14H13F2N3O3S2/c1-3-6-23-14-19-18-13(24-14)17-11(20)8-4-5-9(22-12(15)16)10(7-8)21-2/h3-5,7,12H,1,6H2,2H3,(H,17,18,20). The number of methoxy groups -OCH3 is 1. The molecule has 6 nitrogen and oxygen atoms in total. The van der Waals surface area contributed by atoms with Crippen LogP contribution in [0.2, 0.25) is 0 Å². The first-order chi connectivity index (χ1) is 11.5. The number of hydrogen-bond acceptors (Lipinski definition) is 7. The van der Waals surface area contributed by atoms with Gasteiger partial charge in [0.15, 0.2) is 15.8 Å². The van der Waals surface area contributed by atoms with Gasteiger partial charge in [-0.2, -0.15) is 8.78 Å². The van der Waals surface area contributed by atoms with Crippen molar-refractivity contribution in [2.45, 2.75) is 11.0 Å². The van der Waals surface area contributed by atoms with E-state index in [1.807, 2.05) is 0 Å². The van der Waals surface area contributed by atoms with Gasteiger partial charge in [-0.05, 0) is 18.2 Å². The van der Waals surface area contributed by atoms with Crippen molar-refractivity contribution in [3.05, 3.63) is 36.4 Å². The van der Waals surface area contributed by atoms with Crippen molar-refractivity contribution in [1.82, 2.24) is 10.2 Å². The number of carbonyl (C=O) groups excluding carboxylic acids is 1. The summed E-state index contributed by atoms with van der Waals surface area (Å²) in [6.07, 6.45) is 1.74. The third kappa shape index (κ3) is 4.90. The van der Waals surface area contributed by atoms with Crippen LogP contribution in [0.15, 0.2) is 35.2 Å². The molecular formula is C14H13F2N3O3S2. The fourth-order valence-corrected chi connectivity index (χ4v) is 3.13. The maximum Gasteiger partial charge on any atom is 0.387 e. The Balaban J connectivity index is 2.09. The summed E-state index contributed by atoms with van der Waals surface area (Å²) in [5, 5.41) is 10.7. The molecule has 0 aliphatic carbocycles. The number of anilines is 1. The van der Waals surface area contributed by atoms with E-state index in [0.717, 1.165) is 0 Å². The highest BCUT2D eigenvalue weighted by atomic mass is 32.2. The first-order valence-electron chi connectivity index (χ1n) is 6.55. The van der Waals surface area contributed by atoms with Crippen LogP contribution in [0.1, 0.15) is 10.4 Å². The zero-order valence-electron chi connectivity index (χ0n) is 12.5. The van der Waals surface area contributed by atoms with Gasteiger partial charge in [0.1, 0.15) is 0 Å². The molecule has 0 atom stereocenters. The van der Waals surface area contributed by atoms with Gasteiger partial charge < -0.3 is 9.47 Å². The van der Waals surface area contributed by atoms with Crippen molar-refractivity contribution in [2.75, 3.05) is 18.2 Å². The highest BCUT2D eigenvalue weighted by molar-refractivity contribution is 8.01. The van der Waals surface area contributed by atoms with Gasteiger partial charge >= 0.3 is 6.61 Å². The molecule has 0 unspecified atom stereocenters. The van der Waals surface area contributed by atoms with E-state index in [4.69, 9.17) is 4.74 Å². The summed E-state index contributed by atoms with van der Waals surface area (Å²) in [5.41, 5.74) is 0.212. The number of aromatic nitrogens is 2. The molecule has 0 aliphatic rings. The molecule has 0 spiro atoms. The van der Waals surface area contributed by atoms with Gasteiger partial charge in [0.25, 0.3) is 5.91 Å². The number of thioether (sulfide) groups is 1. The number of amides is 1. The van der Waals surface area contributed by atoms with Gasteiger partial charge in [-0.1, -0.05) is 29.2 Å². The van der Waals surface area contributed by atoms with E-state index < -0.39 is 12.5 Å². The molecule has 1 amide bonds. The number of halogens is 2. The Morgan fingerprint density at radius 2 is 2.25 bits per heavy atom. The van der Waals surface area contributed by atoms with Gasteiger partial charge in [0, 0.05) is 11.3 Å². The molecule has 1 aromatic carbocycles. The molecule has 1 heterocycles. The number of rotatable bonds is 8. The average Bonchev–Trinajstić information content (AvgIpc) is 3.00. The second-order valence-electron chi connectivity index (χ2n) is 4.17. The predicted octanol–water partition coefficient (Wildman–Crippen LogP) is 3.68. The topological polar surface area (TPSA) is 73.3 Å². The number of ether oxygens (including phenoxy) is 2. The Labute approximate surface area is 144 Å². The van der Waals surface area contributed by atoms with Crippen LogP contribution in [-0.4, -0.2) is 35.6 Å². The monoisotopic (exact) mass is 373 g/mol. The minimum atomic E-state index is -2.98. The summed E-state index contributed by atoms with van der Waals surface area (Å²) in [6, 6.07) is 3.90. The van der Waals surface area contributed by atoms with Gasteiger partial charge in [-0.25, -0.2) is 0 Å². The molecule has 128 valence electrons. The molecule has 1 N–H and O–H groups in total. The zero-order chi connectivity index (χ0) is 17.5. The number of nitrogens with zero attached hydrogens (tertiary/aromatic N) is 2. The highest BCUT2D eigenvalue weighted by Gasteiger charge is 2.15. The van der Waals surface area contributed by atoms with E-state index in [-0.39, 0.29) is 17.1 Å². The lowest BCUT2D eigenvalue weighted by Crippen LogP contribution is -2.12. The Bertz CT molecular complexity index is 725. The van der Waals surface area contributed by atoms with E-state index in [0.29, 0.717) is 15.2 Å². The number of benzene rings is 1.